The number of carbonyl (C=O) groups is 1. The van der Waals surface area contributed by atoms with E-state index < -0.39 is 12.8 Å². The van der Waals surface area contributed by atoms with E-state index in [9.17, 15) is 18.0 Å². The van der Waals surface area contributed by atoms with Gasteiger partial charge in [-0.3, -0.25) is 4.79 Å². The molecule has 2 heterocycles. The van der Waals surface area contributed by atoms with Gasteiger partial charge in [0.25, 0.3) is 0 Å². The summed E-state index contributed by atoms with van der Waals surface area (Å²) < 4.78 is 40.8. The van der Waals surface area contributed by atoms with E-state index in [1.807, 2.05) is 0 Å². The highest BCUT2D eigenvalue weighted by Gasteiger charge is 2.28. The zero-order valence-corrected chi connectivity index (χ0v) is 11.9. The van der Waals surface area contributed by atoms with Crippen LogP contribution in [-0.2, 0) is 11.3 Å². The first-order chi connectivity index (χ1) is 10.4. The molecule has 2 rings (SSSR count). The molecule has 0 bridgehead atoms. The summed E-state index contributed by atoms with van der Waals surface area (Å²) in [5.74, 6) is -0.221. The molecule has 1 unspecified atom stereocenters. The minimum Gasteiger partial charge on any atom is -0.468 e. The molecule has 8 heteroatoms. The summed E-state index contributed by atoms with van der Waals surface area (Å²) in [6, 6.07) is 3.02. The van der Waals surface area contributed by atoms with Crippen LogP contribution in [0.1, 0.15) is 18.4 Å². The number of pyridine rings is 1. The van der Waals surface area contributed by atoms with E-state index in [0.29, 0.717) is 12.1 Å². The van der Waals surface area contributed by atoms with Crippen LogP contribution in [0.3, 0.4) is 0 Å². The minimum absolute atomic E-state index is 0.0539. The predicted octanol–water partition coefficient (Wildman–Crippen LogP) is 1.64. The molecule has 0 aromatic carbocycles. The van der Waals surface area contributed by atoms with Crippen molar-refractivity contribution in [3.8, 4) is 5.88 Å². The van der Waals surface area contributed by atoms with Crippen LogP contribution in [0, 0.1) is 5.92 Å². The molecule has 5 nitrogen and oxygen atoms in total. The number of nitrogens with zero attached hydrogens (tertiary/aromatic N) is 1. The lowest BCUT2D eigenvalue weighted by Crippen LogP contribution is -2.40. The van der Waals surface area contributed by atoms with Gasteiger partial charge >= 0.3 is 6.18 Å². The average molecular weight is 317 g/mol. The van der Waals surface area contributed by atoms with Gasteiger partial charge in [-0.25, -0.2) is 4.98 Å². The molecule has 1 aromatic rings. The van der Waals surface area contributed by atoms with Gasteiger partial charge in [-0.2, -0.15) is 13.2 Å². The van der Waals surface area contributed by atoms with Crippen LogP contribution < -0.4 is 15.4 Å². The Bertz CT molecular complexity index is 502. The standard InChI is InChI=1S/C14H18F3N3O2/c15-14(16,17)9-22-12-6-10(3-5-19-12)7-20-13(21)11-2-1-4-18-8-11/h3,5-6,11,18H,1-2,4,7-9H2,(H,20,21). The van der Waals surface area contributed by atoms with E-state index in [2.05, 4.69) is 20.4 Å². The van der Waals surface area contributed by atoms with Gasteiger partial charge in [0.1, 0.15) is 0 Å². The second-order valence-corrected chi connectivity index (χ2v) is 5.17. The van der Waals surface area contributed by atoms with Crippen LogP contribution in [0.5, 0.6) is 5.88 Å². The summed E-state index contributed by atoms with van der Waals surface area (Å²) >= 11 is 0. The number of hydrogen-bond donors (Lipinski definition) is 2. The van der Waals surface area contributed by atoms with Crippen LogP contribution in [0.15, 0.2) is 18.3 Å². The lowest BCUT2D eigenvalue weighted by Gasteiger charge is -2.21. The fourth-order valence-electron chi connectivity index (χ4n) is 2.20. The molecule has 1 amide bonds. The number of halogens is 3. The monoisotopic (exact) mass is 317 g/mol. The molecule has 0 radical (unpaired) electrons. The lowest BCUT2D eigenvalue weighted by atomic mass is 9.99. The Morgan fingerprint density at radius 3 is 3.00 bits per heavy atom. The van der Waals surface area contributed by atoms with Gasteiger partial charge in [0, 0.05) is 25.4 Å². The zero-order valence-electron chi connectivity index (χ0n) is 11.9. The number of hydrogen-bond acceptors (Lipinski definition) is 4. The Labute approximate surface area is 126 Å². The molecule has 0 aliphatic carbocycles. The molecule has 1 aromatic heterocycles. The number of rotatable bonds is 5. The van der Waals surface area contributed by atoms with E-state index in [0.717, 1.165) is 19.4 Å². The first kappa shape index (κ1) is 16.5. The largest absolute Gasteiger partial charge is 0.468 e. The summed E-state index contributed by atoms with van der Waals surface area (Å²) in [5.41, 5.74) is 0.643. The maximum Gasteiger partial charge on any atom is 0.422 e. The predicted molar refractivity (Wildman–Crippen MR) is 73.2 cm³/mol. The number of ether oxygens (including phenoxy) is 1. The summed E-state index contributed by atoms with van der Waals surface area (Å²) in [4.78, 5) is 15.7. The van der Waals surface area contributed by atoms with Gasteiger partial charge in [-0.15, -0.1) is 0 Å². The Hall–Kier alpha value is -1.83. The number of alkyl halides is 3. The minimum atomic E-state index is -4.40. The van der Waals surface area contributed by atoms with Gasteiger partial charge in [0.15, 0.2) is 6.61 Å². The van der Waals surface area contributed by atoms with E-state index in [1.54, 1.807) is 6.07 Å². The Morgan fingerprint density at radius 1 is 1.50 bits per heavy atom. The van der Waals surface area contributed by atoms with E-state index >= 15 is 0 Å². The fraction of sp³-hybridized carbons (Fsp3) is 0.571. The van der Waals surface area contributed by atoms with Gasteiger partial charge < -0.3 is 15.4 Å². The van der Waals surface area contributed by atoms with Crippen molar-refractivity contribution >= 4 is 5.91 Å². The van der Waals surface area contributed by atoms with E-state index in [1.165, 1.54) is 12.3 Å². The summed E-state index contributed by atoms with van der Waals surface area (Å²) in [7, 11) is 0. The van der Waals surface area contributed by atoms with Gasteiger partial charge in [0.05, 0.1) is 5.92 Å². The first-order valence-corrected chi connectivity index (χ1v) is 7.07. The topological polar surface area (TPSA) is 63.2 Å². The van der Waals surface area contributed by atoms with Crippen LogP contribution in [0.25, 0.3) is 0 Å². The summed E-state index contributed by atoms with van der Waals surface area (Å²) in [6.07, 6.45) is -1.24. The molecular weight excluding hydrogens is 299 g/mol. The maximum absolute atomic E-state index is 12.1. The number of carbonyl (C=O) groups excluding carboxylic acids is 1. The van der Waals surface area contributed by atoms with Crippen molar-refractivity contribution in [2.45, 2.75) is 25.6 Å². The van der Waals surface area contributed by atoms with Gasteiger partial charge in [-0.05, 0) is 31.0 Å². The highest BCUT2D eigenvalue weighted by molar-refractivity contribution is 5.78. The maximum atomic E-state index is 12.1. The van der Waals surface area contributed by atoms with Crippen molar-refractivity contribution in [2.75, 3.05) is 19.7 Å². The quantitative estimate of drug-likeness (QED) is 0.866. The molecule has 1 saturated heterocycles. The molecule has 1 aliphatic rings. The second-order valence-electron chi connectivity index (χ2n) is 5.17. The normalized spacial score (nSPS) is 18.8. The Kier molecular flexibility index (Phi) is 5.59. The lowest BCUT2D eigenvalue weighted by molar-refractivity contribution is -0.154. The molecule has 1 aliphatic heterocycles. The number of aromatic nitrogens is 1. The number of nitrogens with one attached hydrogen (secondary N) is 2. The van der Waals surface area contributed by atoms with Crippen molar-refractivity contribution in [3.63, 3.8) is 0 Å². The van der Waals surface area contributed by atoms with Crippen LogP contribution in [0.2, 0.25) is 0 Å². The highest BCUT2D eigenvalue weighted by Crippen LogP contribution is 2.17. The molecule has 122 valence electrons. The van der Waals surface area contributed by atoms with Crippen molar-refractivity contribution in [3.05, 3.63) is 23.9 Å². The zero-order chi connectivity index (χ0) is 16.0. The highest BCUT2D eigenvalue weighted by atomic mass is 19.4. The van der Waals surface area contributed by atoms with E-state index in [4.69, 9.17) is 0 Å². The molecule has 0 spiro atoms. The van der Waals surface area contributed by atoms with Gasteiger partial charge in [-0.1, -0.05) is 0 Å². The van der Waals surface area contributed by atoms with Crippen molar-refractivity contribution in [1.29, 1.82) is 0 Å². The molecule has 2 N–H and O–H groups in total. The van der Waals surface area contributed by atoms with Crippen LogP contribution in [0.4, 0.5) is 13.2 Å². The fourth-order valence-corrected chi connectivity index (χ4v) is 2.20. The molecule has 1 fully saturated rings. The van der Waals surface area contributed by atoms with E-state index in [-0.39, 0.29) is 24.2 Å². The Morgan fingerprint density at radius 2 is 2.32 bits per heavy atom. The van der Waals surface area contributed by atoms with Gasteiger partial charge in [0.2, 0.25) is 11.8 Å². The van der Waals surface area contributed by atoms with Crippen LogP contribution >= 0.6 is 0 Å². The van der Waals surface area contributed by atoms with Crippen molar-refractivity contribution in [1.82, 2.24) is 15.6 Å². The Balaban J connectivity index is 1.83. The molecular formula is C14H18F3N3O2. The van der Waals surface area contributed by atoms with Crippen molar-refractivity contribution in [2.24, 2.45) is 5.92 Å². The number of piperidine rings is 1. The molecule has 0 saturated carbocycles. The number of amides is 1. The smallest absolute Gasteiger partial charge is 0.422 e. The third-order valence-electron chi connectivity index (χ3n) is 3.32. The third-order valence-corrected chi connectivity index (χ3v) is 3.32. The summed E-state index contributed by atoms with van der Waals surface area (Å²) in [6.45, 7) is 0.431. The average Bonchev–Trinajstić information content (AvgIpc) is 2.51. The SMILES string of the molecule is O=C(NCc1ccnc(OCC(F)(F)F)c1)C1CCCNC1. The molecule has 22 heavy (non-hydrogen) atoms. The summed E-state index contributed by atoms with van der Waals surface area (Å²) in [5, 5.41) is 5.94. The second kappa shape index (κ2) is 7.44. The third kappa shape index (κ3) is 5.51. The van der Waals surface area contributed by atoms with Crippen molar-refractivity contribution < 1.29 is 22.7 Å². The van der Waals surface area contributed by atoms with Crippen LogP contribution in [-0.4, -0.2) is 36.8 Å². The molecule has 1 atom stereocenters. The first-order valence-electron chi connectivity index (χ1n) is 7.07.